The van der Waals surface area contributed by atoms with Gasteiger partial charge in [-0.25, -0.2) is 0 Å². The van der Waals surface area contributed by atoms with Crippen LogP contribution in [0.2, 0.25) is 0 Å². The zero-order chi connectivity index (χ0) is 7.98. The Bertz CT molecular complexity index is 104. The molecule has 0 spiro atoms. The number of nitrogens with two attached hydrogens (primary N) is 1. The third-order valence-corrected chi connectivity index (χ3v) is 1.56. The predicted molar refractivity (Wildman–Crippen MR) is 40.0 cm³/mol. The summed E-state index contributed by atoms with van der Waals surface area (Å²) in [7, 11) is 0. The summed E-state index contributed by atoms with van der Waals surface area (Å²) in [5.74, 6) is -0.281. The van der Waals surface area contributed by atoms with Gasteiger partial charge in [-0.3, -0.25) is 4.79 Å². The van der Waals surface area contributed by atoms with Crippen molar-refractivity contribution in [2.45, 2.75) is 38.6 Å². The molecule has 60 valence electrons. The molecule has 0 saturated carbocycles. The topological polar surface area (TPSA) is 70.7 Å². The Hall–Kier alpha value is -0.570. The van der Waals surface area contributed by atoms with Crippen LogP contribution in [0.25, 0.3) is 0 Å². The fourth-order valence-electron chi connectivity index (χ4n) is 0.783. The summed E-state index contributed by atoms with van der Waals surface area (Å²) in [6.07, 6.45) is 4.24. The highest BCUT2D eigenvalue weighted by molar-refractivity contribution is 5.77. The van der Waals surface area contributed by atoms with Gasteiger partial charge in [0.1, 0.15) is 0 Å². The van der Waals surface area contributed by atoms with E-state index >= 15 is 0 Å². The first-order valence-corrected chi connectivity index (χ1v) is 3.81. The Labute approximate surface area is 61.8 Å². The molecule has 0 aliphatic rings. The molecule has 0 saturated heterocycles. The van der Waals surface area contributed by atoms with Crippen molar-refractivity contribution in [3.05, 3.63) is 0 Å². The average Bonchev–Trinajstić information content (AvgIpc) is 1.88. The molecule has 0 aromatic rings. The molecule has 0 fully saturated rings. The second kappa shape index (κ2) is 5.23. The standard InChI is InChI=1S/C7H16N2O/c1-2-3-4-5-6(8)7(9)10/h6H,2-5,8H2,1H3,(H2,9,10)/p+1/t6-/m0/s1. The average molecular weight is 145 g/mol. The molecule has 3 heteroatoms. The summed E-state index contributed by atoms with van der Waals surface area (Å²) < 4.78 is 0. The predicted octanol–water partition coefficient (Wildman–Crippen LogP) is -0.337. The van der Waals surface area contributed by atoms with Crippen LogP contribution >= 0.6 is 0 Å². The molecule has 0 unspecified atom stereocenters. The van der Waals surface area contributed by atoms with Crippen molar-refractivity contribution in [3.63, 3.8) is 0 Å². The molecular weight excluding hydrogens is 128 g/mol. The molecule has 5 N–H and O–H groups in total. The van der Waals surface area contributed by atoms with Gasteiger partial charge < -0.3 is 11.5 Å². The van der Waals surface area contributed by atoms with Gasteiger partial charge in [0.2, 0.25) is 0 Å². The lowest BCUT2D eigenvalue weighted by molar-refractivity contribution is -0.404. The minimum atomic E-state index is -0.281. The van der Waals surface area contributed by atoms with E-state index in [2.05, 4.69) is 12.7 Å². The molecule has 3 nitrogen and oxygen atoms in total. The van der Waals surface area contributed by atoms with Crippen LogP contribution in [0.15, 0.2) is 0 Å². The Kier molecular flexibility index (Phi) is 4.94. The van der Waals surface area contributed by atoms with E-state index in [0.717, 1.165) is 12.8 Å². The highest BCUT2D eigenvalue weighted by Gasteiger charge is 2.10. The summed E-state index contributed by atoms with van der Waals surface area (Å²) in [6.45, 7) is 2.13. The van der Waals surface area contributed by atoms with Gasteiger partial charge in [0, 0.05) is 6.42 Å². The Morgan fingerprint density at radius 1 is 1.60 bits per heavy atom. The second-order valence-electron chi connectivity index (χ2n) is 2.60. The van der Waals surface area contributed by atoms with Gasteiger partial charge in [-0.1, -0.05) is 19.8 Å². The Morgan fingerprint density at radius 2 is 2.20 bits per heavy atom. The molecule has 0 aromatic heterocycles. The summed E-state index contributed by atoms with van der Waals surface area (Å²) in [5, 5.41) is 0. The molecule has 0 radical (unpaired) electrons. The van der Waals surface area contributed by atoms with E-state index < -0.39 is 0 Å². The van der Waals surface area contributed by atoms with E-state index in [1.165, 1.54) is 12.8 Å². The van der Waals surface area contributed by atoms with Gasteiger partial charge in [0.05, 0.1) is 0 Å². The van der Waals surface area contributed by atoms with Gasteiger partial charge in [-0.05, 0) is 6.42 Å². The summed E-state index contributed by atoms with van der Waals surface area (Å²) in [4.78, 5) is 10.5. The maximum atomic E-state index is 10.5. The van der Waals surface area contributed by atoms with Crippen LogP contribution in [0, 0.1) is 0 Å². The minimum Gasteiger partial charge on any atom is -0.365 e. The van der Waals surface area contributed by atoms with Gasteiger partial charge in [-0.2, -0.15) is 0 Å². The molecule has 0 heterocycles. The van der Waals surface area contributed by atoms with Crippen LogP contribution in [-0.4, -0.2) is 11.9 Å². The maximum absolute atomic E-state index is 10.5. The molecule has 0 aliphatic carbocycles. The largest absolute Gasteiger partial charge is 0.365 e. The lowest BCUT2D eigenvalue weighted by Gasteiger charge is -2.01. The van der Waals surface area contributed by atoms with Crippen LogP contribution < -0.4 is 11.5 Å². The number of amides is 1. The van der Waals surface area contributed by atoms with Crippen LogP contribution in [0.1, 0.15) is 32.6 Å². The van der Waals surface area contributed by atoms with Gasteiger partial charge in [-0.15, -0.1) is 0 Å². The first-order valence-electron chi connectivity index (χ1n) is 3.81. The molecule has 0 aromatic carbocycles. The van der Waals surface area contributed by atoms with E-state index in [1.54, 1.807) is 0 Å². The van der Waals surface area contributed by atoms with E-state index in [1.807, 2.05) is 0 Å². The molecule has 0 bridgehead atoms. The van der Waals surface area contributed by atoms with Crippen molar-refractivity contribution in [2.24, 2.45) is 5.73 Å². The van der Waals surface area contributed by atoms with Crippen molar-refractivity contribution in [2.75, 3.05) is 0 Å². The van der Waals surface area contributed by atoms with Gasteiger partial charge >= 0.3 is 0 Å². The Morgan fingerprint density at radius 3 is 2.60 bits per heavy atom. The number of quaternary nitrogens is 1. The molecule has 1 amide bonds. The normalized spacial score (nSPS) is 13.0. The molecular formula is C7H17N2O+. The third-order valence-electron chi connectivity index (χ3n) is 1.56. The van der Waals surface area contributed by atoms with E-state index in [-0.39, 0.29) is 11.9 Å². The van der Waals surface area contributed by atoms with Crippen LogP contribution in [0.5, 0.6) is 0 Å². The number of carbonyl (C=O) groups is 1. The number of unbranched alkanes of at least 4 members (excludes halogenated alkanes) is 2. The van der Waals surface area contributed by atoms with E-state index in [9.17, 15) is 4.79 Å². The Balaban J connectivity index is 3.21. The third kappa shape index (κ3) is 4.32. The first kappa shape index (κ1) is 9.43. The zero-order valence-corrected chi connectivity index (χ0v) is 6.60. The van der Waals surface area contributed by atoms with Gasteiger partial charge in [0.25, 0.3) is 5.91 Å². The molecule has 0 aliphatic heterocycles. The summed E-state index contributed by atoms with van der Waals surface area (Å²) in [6, 6.07) is -0.188. The first-order chi connectivity index (χ1) is 4.68. The zero-order valence-electron chi connectivity index (χ0n) is 6.60. The lowest BCUT2D eigenvalue weighted by atomic mass is 10.1. The van der Waals surface area contributed by atoms with Crippen LogP contribution in [-0.2, 0) is 4.79 Å². The number of hydrogen-bond acceptors (Lipinski definition) is 1. The fourth-order valence-corrected chi connectivity index (χ4v) is 0.783. The van der Waals surface area contributed by atoms with Crippen molar-refractivity contribution in [3.8, 4) is 0 Å². The number of rotatable bonds is 5. The number of carbonyl (C=O) groups excluding carboxylic acids is 1. The van der Waals surface area contributed by atoms with Crippen LogP contribution in [0.3, 0.4) is 0 Å². The minimum absolute atomic E-state index is 0.188. The van der Waals surface area contributed by atoms with Crippen molar-refractivity contribution >= 4 is 5.91 Å². The van der Waals surface area contributed by atoms with Crippen LogP contribution in [0.4, 0.5) is 0 Å². The lowest BCUT2D eigenvalue weighted by Crippen LogP contribution is -2.66. The van der Waals surface area contributed by atoms with Crippen molar-refractivity contribution in [1.82, 2.24) is 0 Å². The molecule has 0 rings (SSSR count). The van der Waals surface area contributed by atoms with Crippen molar-refractivity contribution < 1.29 is 10.5 Å². The molecule has 10 heavy (non-hydrogen) atoms. The van der Waals surface area contributed by atoms with E-state index in [4.69, 9.17) is 5.73 Å². The fraction of sp³-hybridized carbons (Fsp3) is 0.857. The summed E-state index contributed by atoms with van der Waals surface area (Å²) in [5.41, 5.74) is 8.65. The monoisotopic (exact) mass is 145 g/mol. The highest BCUT2D eigenvalue weighted by atomic mass is 16.1. The number of hydrogen-bond donors (Lipinski definition) is 2. The number of primary amides is 1. The van der Waals surface area contributed by atoms with Gasteiger partial charge in [0.15, 0.2) is 6.04 Å². The second-order valence-corrected chi connectivity index (χ2v) is 2.60. The summed E-state index contributed by atoms with van der Waals surface area (Å²) >= 11 is 0. The quantitative estimate of drug-likeness (QED) is 0.510. The maximum Gasteiger partial charge on any atom is 0.275 e. The molecule has 1 atom stereocenters. The van der Waals surface area contributed by atoms with E-state index in [0.29, 0.717) is 0 Å². The van der Waals surface area contributed by atoms with Crippen molar-refractivity contribution in [1.29, 1.82) is 0 Å². The smallest absolute Gasteiger partial charge is 0.275 e. The highest BCUT2D eigenvalue weighted by Crippen LogP contribution is 1.99. The SMILES string of the molecule is CCCCC[C@H]([NH3+])C(N)=O.